The third-order valence-corrected chi connectivity index (χ3v) is 3.60. The summed E-state index contributed by atoms with van der Waals surface area (Å²) in [5, 5.41) is 0. The Hall–Kier alpha value is -1.59. The number of anilines is 1. The summed E-state index contributed by atoms with van der Waals surface area (Å²) in [6, 6.07) is 5.90. The van der Waals surface area contributed by atoms with Gasteiger partial charge in [0.2, 0.25) is 0 Å². The molecule has 0 radical (unpaired) electrons. The molecule has 2 heterocycles. The van der Waals surface area contributed by atoms with Gasteiger partial charge in [-0.05, 0) is 24.6 Å². The van der Waals surface area contributed by atoms with E-state index in [2.05, 4.69) is 11.5 Å². The zero-order chi connectivity index (χ0) is 13.9. The summed E-state index contributed by atoms with van der Waals surface area (Å²) in [6.45, 7) is 4.97. The normalized spacial score (nSPS) is 19.6. The maximum Gasteiger partial charge on any atom is 0.109 e. The quantitative estimate of drug-likeness (QED) is 0.867. The second-order valence-electron chi connectivity index (χ2n) is 5.20. The van der Waals surface area contributed by atoms with Gasteiger partial charge in [-0.1, -0.05) is 6.92 Å². The fourth-order valence-electron chi connectivity index (χ4n) is 2.66. The van der Waals surface area contributed by atoms with Crippen LogP contribution in [0.1, 0.15) is 19.2 Å². The van der Waals surface area contributed by atoms with Gasteiger partial charge in [-0.3, -0.25) is 0 Å². The highest BCUT2D eigenvalue weighted by Crippen LogP contribution is 2.21. The Morgan fingerprint density at radius 1 is 1.40 bits per heavy atom. The molecule has 108 valence electrons. The van der Waals surface area contributed by atoms with Crippen LogP contribution >= 0.6 is 0 Å². The molecular formula is C15H21N3O2. The zero-order valence-corrected chi connectivity index (χ0v) is 11.8. The lowest BCUT2D eigenvalue weighted by atomic mass is 10.2. The number of rotatable bonds is 4. The number of aryl methyl sites for hydroxylation is 1. The van der Waals surface area contributed by atoms with Crippen molar-refractivity contribution < 1.29 is 9.47 Å². The van der Waals surface area contributed by atoms with Gasteiger partial charge in [0.15, 0.2) is 0 Å². The smallest absolute Gasteiger partial charge is 0.109 e. The number of hydrogen-bond acceptors (Lipinski definition) is 4. The van der Waals surface area contributed by atoms with Crippen LogP contribution in [0.2, 0.25) is 0 Å². The molecule has 5 heteroatoms. The molecule has 0 aliphatic carbocycles. The lowest BCUT2D eigenvalue weighted by Crippen LogP contribution is -2.32. The maximum atomic E-state index is 5.85. The van der Waals surface area contributed by atoms with Crippen molar-refractivity contribution in [3.63, 3.8) is 0 Å². The molecule has 1 atom stereocenters. The summed E-state index contributed by atoms with van der Waals surface area (Å²) in [6.07, 6.45) is 2.14. The standard InChI is InChI=1S/C15H21N3O2/c1-2-3-15-17-13-8-11(16)4-5-14(13)18(15)9-12-10-19-6-7-20-12/h4-5,8,12H,2-3,6-7,9-10,16H2,1H3. The molecule has 1 fully saturated rings. The minimum Gasteiger partial charge on any atom is -0.399 e. The van der Waals surface area contributed by atoms with Crippen molar-refractivity contribution in [3.8, 4) is 0 Å². The Bertz CT molecular complexity index is 588. The van der Waals surface area contributed by atoms with Crippen LogP contribution in [0.25, 0.3) is 11.0 Å². The van der Waals surface area contributed by atoms with E-state index in [4.69, 9.17) is 20.2 Å². The van der Waals surface area contributed by atoms with Crippen LogP contribution in [-0.2, 0) is 22.4 Å². The lowest BCUT2D eigenvalue weighted by molar-refractivity contribution is -0.0934. The van der Waals surface area contributed by atoms with E-state index in [-0.39, 0.29) is 6.10 Å². The average Bonchev–Trinajstić information content (AvgIpc) is 2.77. The van der Waals surface area contributed by atoms with Crippen LogP contribution in [0.5, 0.6) is 0 Å². The maximum absolute atomic E-state index is 5.85. The van der Waals surface area contributed by atoms with Crippen molar-refractivity contribution in [1.82, 2.24) is 9.55 Å². The first-order chi connectivity index (χ1) is 9.78. The molecule has 0 saturated carbocycles. The monoisotopic (exact) mass is 275 g/mol. The van der Waals surface area contributed by atoms with Gasteiger partial charge < -0.3 is 19.8 Å². The first kappa shape index (κ1) is 13.4. The minimum absolute atomic E-state index is 0.106. The molecule has 0 amide bonds. The van der Waals surface area contributed by atoms with Crippen LogP contribution in [0.4, 0.5) is 5.69 Å². The van der Waals surface area contributed by atoms with Gasteiger partial charge in [-0.2, -0.15) is 0 Å². The van der Waals surface area contributed by atoms with Crippen molar-refractivity contribution in [2.45, 2.75) is 32.4 Å². The van der Waals surface area contributed by atoms with E-state index < -0.39 is 0 Å². The van der Waals surface area contributed by atoms with Gasteiger partial charge in [0, 0.05) is 12.1 Å². The van der Waals surface area contributed by atoms with E-state index in [9.17, 15) is 0 Å². The van der Waals surface area contributed by atoms with Gasteiger partial charge in [0.1, 0.15) is 5.82 Å². The molecule has 2 N–H and O–H groups in total. The van der Waals surface area contributed by atoms with E-state index in [0.717, 1.165) is 41.9 Å². The Kier molecular flexibility index (Phi) is 3.89. The van der Waals surface area contributed by atoms with Crippen LogP contribution in [-0.4, -0.2) is 35.5 Å². The molecule has 1 saturated heterocycles. The molecule has 1 unspecified atom stereocenters. The fourth-order valence-corrected chi connectivity index (χ4v) is 2.66. The largest absolute Gasteiger partial charge is 0.399 e. The van der Waals surface area contributed by atoms with Gasteiger partial charge in [0.05, 0.1) is 43.5 Å². The molecule has 5 nitrogen and oxygen atoms in total. The highest BCUT2D eigenvalue weighted by Gasteiger charge is 2.18. The fraction of sp³-hybridized carbons (Fsp3) is 0.533. The van der Waals surface area contributed by atoms with E-state index in [1.165, 1.54) is 0 Å². The Morgan fingerprint density at radius 2 is 2.30 bits per heavy atom. The molecule has 2 aromatic rings. The summed E-state index contributed by atoms with van der Waals surface area (Å²) in [7, 11) is 0. The third-order valence-electron chi connectivity index (χ3n) is 3.60. The highest BCUT2D eigenvalue weighted by atomic mass is 16.6. The summed E-state index contributed by atoms with van der Waals surface area (Å²) >= 11 is 0. The van der Waals surface area contributed by atoms with Gasteiger partial charge in [-0.15, -0.1) is 0 Å². The van der Waals surface area contributed by atoms with Gasteiger partial charge in [-0.25, -0.2) is 4.98 Å². The minimum atomic E-state index is 0.106. The van der Waals surface area contributed by atoms with Crippen molar-refractivity contribution >= 4 is 16.7 Å². The first-order valence-electron chi connectivity index (χ1n) is 7.22. The van der Waals surface area contributed by atoms with Crippen molar-refractivity contribution in [3.05, 3.63) is 24.0 Å². The highest BCUT2D eigenvalue weighted by molar-refractivity contribution is 5.79. The van der Waals surface area contributed by atoms with Crippen LogP contribution < -0.4 is 5.73 Å². The van der Waals surface area contributed by atoms with Gasteiger partial charge >= 0.3 is 0 Å². The molecule has 1 aromatic heterocycles. The number of nitrogens with zero attached hydrogens (tertiary/aromatic N) is 2. The molecular weight excluding hydrogens is 254 g/mol. The predicted octanol–water partition coefficient (Wildman–Crippen LogP) is 1.99. The van der Waals surface area contributed by atoms with Gasteiger partial charge in [0.25, 0.3) is 0 Å². The summed E-state index contributed by atoms with van der Waals surface area (Å²) in [5.41, 5.74) is 8.68. The molecule has 0 spiro atoms. The second kappa shape index (κ2) is 5.81. The Labute approximate surface area is 118 Å². The molecule has 1 aliphatic rings. The lowest BCUT2D eigenvalue weighted by Gasteiger charge is -2.24. The number of imidazole rings is 1. The molecule has 1 aliphatic heterocycles. The summed E-state index contributed by atoms with van der Waals surface area (Å²) < 4.78 is 13.5. The number of ether oxygens (including phenoxy) is 2. The summed E-state index contributed by atoms with van der Waals surface area (Å²) in [4.78, 5) is 4.72. The Balaban J connectivity index is 1.95. The van der Waals surface area contributed by atoms with E-state index >= 15 is 0 Å². The Morgan fingerprint density at radius 3 is 3.05 bits per heavy atom. The number of nitrogen functional groups attached to an aromatic ring is 1. The third kappa shape index (κ3) is 2.64. The van der Waals surface area contributed by atoms with E-state index in [0.29, 0.717) is 19.8 Å². The molecule has 0 bridgehead atoms. The SMILES string of the molecule is CCCc1nc2cc(N)ccc2n1CC1COCCO1. The van der Waals surface area contributed by atoms with Crippen molar-refractivity contribution in [2.75, 3.05) is 25.6 Å². The molecule has 20 heavy (non-hydrogen) atoms. The number of aromatic nitrogens is 2. The molecule has 1 aromatic carbocycles. The molecule has 3 rings (SSSR count). The van der Waals surface area contributed by atoms with Crippen molar-refractivity contribution in [2.24, 2.45) is 0 Å². The second-order valence-corrected chi connectivity index (χ2v) is 5.20. The summed E-state index contributed by atoms with van der Waals surface area (Å²) in [5.74, 6) is 1.10. The van der Waals surface area contributed by atoms with Crippen LogP contribution in [0.15, 0.2) is 18.2 Å². The van der Waals surface area contributed by atoms with E-state index in [1.54, 1.807) is 0 Å². The van der Waals surface area contributed by atoms with E-state index in [1.807, 2.05) is 18.2 Å². The average molecular weight is 275 g/mol. The zero-order valence-electron chi connectivity index (χ0n) is 11.8. The first-order valence-corrected chi connectivity index (χ1v) is 7.22. The number of nitrogens with two attached hydrogens (primary N) is 1. The number of fused-ring (bicyclic) bond motifs is 1. The number of benzene rings is 1. The van der Waals surface area contributed by atoms with Crippen LogP contribution in [0, 0.1) is 0 Å². The predicted molar refractivity (Wildman–Crippen MR) is 78.7 cm³/mol. The number of hydrogen-bond donors (Lipinski definition) is 1. The van der Waals surface area contributed by atoms with Crippen molar-refractivity contribution in [1.29, 1.82) is 0 Å². The topological polar surface area (TPSA) is 62.3 Å². The van der Waals surface area contributed by atoms with Crippen LogP contribution in [0.3, 0.4) is 0 Å².